The Morgan fingerprint density at radius 2 is 2.45 bits per heavy atom. The van der Waals surface area contributed by atoms with Gasteiger partial charge in [-0.3, -0.25) is 0 Å². The predicted octanol–water partition coefficient (Wildman–Crippen LogP) is 1.42. The summed E-state index contributed by atoms with van der Waals surface area (Å²) in [5, 5.41) is 0. The molecule has 0 radical (unpaired) electrons. The smallest absolute Gasteiger partial charge is 0.156 e. The average molecular weight is 147 g/mol. The molecule has 0 amide bonds. The minimum Gasteiger partial charge on any atom is -0.359 e. The lowest BCUT2D eigenvalue weighted by atomic mass is 10.4. The van der Waals surface area contributed by atoms with Gasteiger partial charge in [0, 0.05) is 25.6 Å². The summed E-state index contributed by atoms with van der Waals surface area (Å²) in [7, 11) is 1.98. The van der Waals surface area contributed by atoms with Crippen molar-refractivity contribution in [2.24, 2.45) is 7.05 Å². The molecule has 2 rings (SSSR count). The number of aryl methyl sites for hydroxylation is 1. The van der Waals surface area contributed by atoms with Gasteiger partial charge in [0.1, 0.15) is 0 Å². The molecule has 0 fully saturated rings. The number of hydrogen-bond donors (Lipinski definition) is 1. The molecule has 56 valence electrons. The Balaban J connectivity index is 2.53. The van der Waals surface area contributed by atoms with Crippen LogP contribution in [0.2, 0.25) is 0 Å². The van der Waals surface area contributed by atoms with E-state index in [-0.39, 0.29) is 0 Å². The number of nitrogens with zero attached hydrogens (tertiary/aromatic N) is 2. The van der Waals surface area contributed by atoms with E-state index in [2.05, 4.69) is 9.97 Å². The molecule has 11 heavy (non-hydrogen) atoms. The van der Waals surface area contributed by atoms with E-state index in [0.29, 0.717) is 0 Å². The first-order chi connectivity index (χ1) is 5.38. The largest absolute Gasteiger partial charge is 0.359 e. The van der Waals surface area contributed by atoms with E-state index in [1.807, 2.05) is 36.1 Å². The molecule has 0 aliphatic heterocycles. The molecule has 3 nitrogen and oxygen atoms in total. The van der Waals surface area contributed by atoms with E-state index in [1.54, 1.807) is 6.20 Å². The normalized spacial score (nSPS) is 10.3. The van der Waals surface area contributed by atoms with E-state index >= 15 is 0 Å². The van der Waals surface area contributed by atoms with E-state index in [9.17, 15) is 0 Å². The summed E-state index contributed by atoms with van der Waals surface area (Å²) in [6, 6.07) is 3.96. The van der Waals surface area contributed by atoms with E-state index in [1.165, 1.54) is 0 Å². The van der Waals surface area contributed by atoms with Crippen molar-refractivity contribution in [1.29, 1.82) is 0 Å². The molecular weight excluding hydrogens is 138 g/mol. The number of aromatic nitrogens is 3. The summed E-state index contributed by atoms with van der Waals surface area (Å²) in [6.45, 7) is 0. The third-order valence-corrected chi connectivity index (χ3v) is 1.66. The van der Waals surface area contributed by atoms with Crippen LogP contribution in [0.5, 0.6) is 0 Å². The van der Waals surface area contributed by atoms with Crippen LogP contribution in [-0.2, 0) is 7.05 Å². The number of hydrogen-bond acceptors (Lipinski definition) is 1. The summed E-state index contributed by atoms with van der Waals surface area (Å²) < 4.78 is 1.98. The number of nitrogens with one attached hydrogen (secondary N) is 1. The summed E-state index contributed by atoms with van der Waals surface area (Å²) in [4.78, 5) is 7.29. The van der Waals surface area contributed by atoms with Crippen LogP contribution in [-0.4, -0.2) is 14.5 Å². The number of aromatic amines is 1. The van der Waals surface area contributed by atoms with E-state index in [4.69, 9.17) is 0 Å². The molecule has 0 spiro atoms. The van der Waals surface area contributed by atoms with Crippen LogP contribution in [0.1, 0.15) is 0 Å². The zero-order chi connectivity index (χ0) is 7.68. The van der Waals surface area contributed by atoms with Crippen molar-refractivity contribution >= 4 is 0 Å². The molecule has 0 saturated carbocycles. The lowest BCUT2D eigenvalue weighted by Gasteiger charge is -1.96. The molecule has 0 atom stereocenters. The highest BCUT2D eigenvalue weighted by Gasteiger charge is 2.01. The second-order valence-electron chi connectivity index (χ2n) is 2.45. The number of rotatable bonds is 1. The molecule has 2 aromatic rings. The summed E-state index contributed by atoms with van der Waals surface area (Å²) in [5.41, 5.74) is 1.05. The second kappa shape index (κ2) is 2.27. The monoisotopic (exact) mass is 147 g/mol. The summed E-state index contributed by atoms with van der Waals surface area (Å²) >= 11 is 0. The fraction of sp³-hybridized carbons (Fsp3) is 0.125. The van der Waals surface area contributed by atoms with Gasteiger partial charge in [-0.2, -0.15) is 0 Å². The average Bonchev–Trinajstić information content (AvgIpc) is 2.55. The molecule has 0 aliphatic rings. The Morgan fingerprint density at radius 1 is 1.55 bits per heavy atom. The van der Waals surface area contributed by atoms with Crippen LogP contribution >= 0.6 is 0 Å². The predicted molar refractivity (Wildman–Crippen MR) is 43.0 cm³/mol. The molecule has 2 aromatic heterocycles. The number of H-pyrrole nitrogens is 1. The molecule has 0 bridgehead atoms. The van der Waals surface area contributed by atoms with Gasteiger partial charge in [0.05, 0.1) is 5.69 Å². The van der Waals surface area contributed by atoms with Crippen LogP contribution in [0, 0.1) is 0 Å². The van der Waals surface area contributed by atoms with Crippen molar-refractivity contribution in [1.82, 2.24) is 14.5 Å². The molecule has 0 aliphatic carbocycles. The Hall–Kier alpha value is -1.51. The zero-order valence-electron chi connectivity index (χ0n) is 6.28. The highest BCUT2D eigenvalue weighted by atomic mass is 15.0. The highest BCUT2D eigenvalue weighted by Crippen LogP contribution is 2.12. The molecule has 0 saturated heterocycles. The van der Waals surface area contributed by atoms with Gasteiger partial charge in [-0.05, 0) is 12.1 Å². The topological polar surface area (TPSA) is 33.6 Å². The van der Waals surface area contributed by atoms with Crippen LogP contribution in [0.3, 0.4) is 0 Å². The Kier molecular flexibility index (Phi) is 1.28. The van der Waals surface area contributed by atoms with Crippen molar-refractivity contribution in [2.75, 3.05) is 0 Å². The van der Waals surface area contributed by atoms with E-state index in [0.717, 1.165) is 11.5 Å². The minimum atomic E-state index is 0.968. The Morgan fingerprint density at radius 3 is 3.00 bits per heavy atom. The minimum absolute atomic E-state index is 0.968. The lowest BCUT2D eigenvalue weighted by molar-refractivity contribution is 0.919. The first-order valence-electron chi connectivity index (χ1n) is 3.49. The maximum absolute atomic E-state index is 4.19. The highest BCUT2D eigenvalue weighted by molar-refractivity contribution is 5.49. The van der Waals surface area contributed by atoms with Gasteiger partial charge in [-0.1, -0.05) is 0 Å². The SMILES string of the molecule is Cn1ccnc1-c1ccc[nH]1. The lowest BCUT2D eigenvalue weighted by Crippen LogP contribution is -1.90. The van der Waals surface area contributed by atoms with Crippen LogP contribution in [0.15, 0.2) is 30.7 Å². The second-order valence-corrected chi connectivity index (χ2v) is 2.45. The fourth-order valence-electron chi connectivity index (χ4n) is 1.09. The standard InChI is InChI=1S/C8H9N3/c1-11-6-5-10-8(11)7-3-2-4-9-7/h2-6,9H,1H3. The van der Waals surface area contributed by atoms with E-state index < -0.39 is 0 Å². The van der Waals surface area contributed by atoms with Gasteiger partial charge in [-0.25, -0.2) is 4.98 Å². The maximum atomic E-state index is 4.19. The molecule has 3 heteroatoms. The van der Waals surface area contributed by atoms with Gasteiger partial charge in [0.2, 0.25) is 0 Å². The van der Waals surface area contributed by atoms with Gasteiger partial charge < -0.3 is 9.55 Å². The maximum Gasteiger partial charge on any atom is 0.156 e. The van der Waals surface area contributed by atoms with Gasteiger partial charge in [0.15, 0.2) is 5.82 Å². The third-order valence-electron chi connectivity index (χ3n) is 1.66. The van der Waals surface area contributed by atoms with Gasteiger partial charge in [0.25, 0.3) is 0 Å². The van der Waals surface area contributed by atoms with Crippen molar-refractivity contribution in [3.8, 4) is 11.5 Å². The van der Waals surface area contributed by atoms with Crippen molar-refractivity contribution in [3.05, 3.63) is 30.7 Å². The molecule has 0 unspecified atom stereocenters. The van der Waals surface area contributed by atoms with Crippen molar-refractivity contribution in [2.45, 2.75) is 0 Å². The van der Waals surface area contributed by atoms with Crippen molar-refractivity contribution in [3.63, 3.8) is 0 Å². The van der Waals surface area contributed by atoms with Gasteiger partial charge in [-0.15, -0.1) is 0 Å². The molecule has 2 heterocycles. The Labute approximate surface area is 64.7 Å². The first-order valence-corrected chi connectivity index (χ1v) is 3.49. The quantitative estimate of drug-likeness (QED) is 0.650. The first kappa shape index (κ1) is 6.22. The summed E-state index contributed by atoms with van der Waals surface area (Å²) in [5.74, 6) is 0.968. The number of imidazole rings is 1. The zero-order valence-corrected chi connectivity index (χ0v) is 6.28. The third kappa shape index (κ3) is 0.941. The van der Waals surface area contributed by atoms with Crippen LogP contribution < -0.4 is 0 Å². The fourth-order valence-corrected chi connectivity index (χ4v) is 1.09. The van der Waals surface area contributed by atoms with Crippen LogP contribution in [0.4, 0.5) is 0 Å². The molecule has 1 N–H and O–H groups in total. The molecular formula is C8H9N3. The molecule has 0 aromatic carbocycles. The summed E-state index contributed by atoms with van der Waals surface area (Å²) in [6.07, 6.45) is 5.61. The van der Waals surface area contributed by atoms with Crippen LogP contribution in [0.25, 0.3) is 11.5 Å². The van der Waals surface area contributed by atoms with Gasteiger partial charge >= 0.3 is 0 Å². The van der Waals surface area contributed by atoms with Crippen molar-refractivity contribution < 1.29 is 0 Å². The Bertz CT molecular complexity index is 332.